The Balaban J connectivity index is 3.59. The Bertz CT molecular complexity index is 645. The summed E-state index contributed by atoms with van der Waals surface area (Å²) in [5.74, 6) is -0.379. The molecule has 7 heteroatoms. The Labute approximate surface area is 106 Å². The Morgan fingerprint density at radius 3 is 2.06 bits per heavy atom. The fourth-order valence-corrected chi connectivity index (χ4v) is 3.68. The maximum atomic E-state index is 11.5. The molecule has 0 aliphatic carbocycles. The van der Waals surface area contributed by atoms with Crippen LogP contribution >= 0.6 is 11.6 Å². The summed E-state index contributed by atoms with van der Waals surface area (Å²) in [5.41, 5.74) is 0.800. The van der Waals surface area contributed by atoms with Crippen molar-refractivity contribution in [3.63, 3.8) is 0 Å². The number of hydrogen-bond donors (Lipinski definition) is 0. The summed E-state index contributed by atoms with van der Waals surface area (Å²) < 4.78 is 45.7. The van der Waals surface area contributed by atoms with E-state index in [-0.39, 0.29) is 21.2 Å². The number of sulfone groups is 2. The van der Waals surface area contributed by atoms with Crippen LogP contribution in [0.2, 0.25) is 5.02 Å². The third kappa shape index (κ3) is 3.69. The van der Waals surface area contributed by atoms with Crippen molar-refractivity contribution >= 4 is 31.3 Å². The summed E-state index contributed by atoms with van der Waals surface area (Å²) >= 11 is 5.98. The van der Waals surface area contributed by atoms with E-state index >= 15 is 0 Å². The van der Waals surface area contributed by atoms with E-state index in [4.69, 9.17) is 11.6 Å². The van der Waals surface area contributed by atoms with Gasteiger partial charge in [0.05, 0.1) is 10.6 Å². The highest BCUT2D eigenvalue weighted by Crippen LogP contribution is 2.28. The van der Waals surface area contributed by atoms with E-state index in [1.165, 1.54) is 6.07 Å². The van der Waals surface area contributed by atoms with Gasteiger partial charge in [-0.2, -0.15) is 0 Å². The largest absolute Gasteiger partial charge is 0.229 e. The van der Waals surface area contributed by atoms with Crippen LogP contribution in [0.25, 0.3) is 0 Å². The van der Waals surface area contributed by atoms with Crippen LogP contribution in [0, 0.1) is 6.92 Å². The molecule has 0 amide bonds. The van der Waals surface area contributed by atoms with Gasteiger partial charge in [0.25, 0.3) is 0 Å². The smallest absolute Gasteiger partial charge is 0.175 e. The summed E-state index contributed by atoms with van der Waals surface area (Å²) in [6, 6.07) is 2.95. The molecule has 0 aliphatic rings. The molecule has 0 aromatic heterocycles. The lowest BCUT2D eigenvalue weighted by Gasteiger charge is -2.11. The van der Waals surface area contributed by atoms with Crippen LogP contribution < -0.4 is 0 Å². The van der Waals surface area contributed by atoms with Gasteiger partial charge in [-0.1, -0.05) is 17.7 Å². The first-order valence-corrected chi connectivity index (χ1v) is 9.01. The molecule has 0 unspecified atom stereocenters. The molecule has 17 heavy (non-hydrogen) atoms. The summed E-state index contributed by atoms with van der Waals surface area (Å²) in [6.45, 7) is 1.69. The van der Waals surface area contributed by atoms with Crippen LogP contribution in [0.3, 0.4) is 0 Å². The molecule has 1 rings (SSSR count). The average Bonchev–Trinajstić information content (AvgIpc) is 2.08. The molecule has 0 heterocycles. The summed E-state index contributed by atoms with van der Waals surface area (Å²) in [6.07, 6.45) is 2.07. The van der Waals surface area contributed by atoms with Gasteiger partial charge in [0.2, 0.25) is 0 Å². The van der Waals surface area contributed by atoms with Gasteiger partial charge in [0, 0.05) is 23.1 Å². The van der Waals surface area contributed by atoms with Crippen molar-refractivity contribution in [3.8, 4) is 0 Å². The molecule has 0 fully saturated rings. The molecule has 0 saturated heterocycles. The summed E-state index contributed by atoms with van der Waals surface area (Å²) in [7, 11) is -6.84. The van der Waals surface area contributed by atoms with Crippen molar-refractivity contribution in [2.24, 2.45) is 0 Å². The highest BCUT2D eigenvalue weighted by molar-refractivity contribution is 7.91. The minimum atomic E-state index is -3.49. The third-order valence-corrected chi connectivity index (χ3v) is 4.72. The monoisotopic (exact) mass is 296 g/mol. The normalized spacial score (nSPS) is 12.7. The highest BCUT2D eigenvalue weighted by Gasteiger charge is 2.20. The van der Waals surface area contributed by atoms with E-state index in [0.717, 1.165) is 12.5 Å². The van der Waals surface area contributed by atoms with Crippen molar-refractivity contribution in [2.45, 2.75) is 17.6 Å². The van der Waals surface area contributed by atoms with Gasteiger partial charge in [-0.05, 0) is 18.6 Å². The van der Waals surface area contributed by atoms with Crippen LogP contribution in [0.15, 0.2) is 17.0 Å². The average molecular weight is 297 g/mol. The predicted molar refractivity (Wildman–Crippen MR) is 67.8 cm³/mol. The van der Waals surface area contributed by atoms with Gasteiger partial charge in [-0.15, -0.1) is 0 Å². The van der Waals surface area contributed by atoms with Crippen molar-refractivity contribution in [3.05, 3.63) is 28.3 Å². The lowest BCUT2D eigenvalue weighted by Crippen LogP contribution is -2.09. The quantitative estimate of drug-likeness (QED) is 0.849. The first kappa shape index (κ1) is 14.5. The first-order chi connectivity index (χ1) is 7.52. The van der Waals surface area contributed by atoms with Gasteiger partial charge in [0.1, 0.15) is 0 Å². The van der Waals surface area contributed by atoms with Crippen LogP contribution in [-0.2, 0) is 25.4 Å². The second kappa shape index (κ2) is 4.59. The van der Waals surface area contributed by atoms with E-state index in [1.54, 1.807) is 13.0 Å². The zero-order chi connectivity index (χ0) is 13.4. The maximum Gasteiger partial charge on any atom is 0.175 e. The van der Waals surface area contributed by atoms with Crippen LogP contribution in [-0.4, -0.2) is 29.3 Å². The lowest BCUT2D eigenvalue weighted by atomic mass is 10.1. The number of rotatable bonds is 3. The van der Waals surface area contributed by atoms with Gasteiger partial charge in [-0.3, -0.25) is 0 Å². The van der Waals surface area contributed by atoms with E-state index in [2.05, 4.69) is 0 Å². The Morgan fingerprint density at radius 1 is 1.12 bits per heavy atom. The summed E-state index contributed by atoms with van der Waals surface area (Å²) in [5, 5.41) is 0.193. The molecule has 0 N–H and O–H groups in total. The van der Waals surface area contributed by atoms with Crippen LogP contribution in [0.4, 0.5) is 0 Å². The molecule has 0 bridgehead atoms. The highest BCUT2D eigenvalue weighted by atomic mass is 35.5. The van der Waals surface area contributed by atoms with Crippen LogP contribution in [0.5, 0.6) is 0 Å². The van der Waals surface area contributed by atoms with Gasteiger partial charge in [-0.25, -0.2) is 16.8 Å². The minimum Gasteiger partial charge on any atom is -0.229 e. The second-order valence-corrected chi connectivity index (χ2v) is 8.52. The Morgan fingerprint density at radius 2 is 1.65 bits per heavy atom. The Hall–Kier alpha value is -0.590. The Kier molecular flexibility index (Phi) is 3.91. The number of hydrogen-bond acceptors (Lipinski definition) is 4. The number of halogens is 1. The molecule has 1 aromatic rings. The van der Waals surface area contributed by atoms with E-state index in [9.17, 15) is 16.8 Å². The molecule has 96 valence electrons. The molecule has 0 atom stereocenters. The molecular weight excluding hydrogens is 284 g/mol. The van der Waals surface area contributed by atoms with E-state index < -0.39 is 19.7 Å². The van der Waals surface area contributed by atoms with Crippen molar-refractivity contribution < 1.29 is 16.8 Å². The van der Waals surface area contributed by atoms with Crippen LogP contribution in [0.1, 0.15) is 11.1 Å². The van der Waals surface area contributed by atoms with Gasteiger partial charge in [0.15, 0.2) is 19.7 Å². The molecule has 0 spiro atoms. The molecule has 1 aromatic carbocycles. The topological polar surface area (TPSA) is 68.3 Å². The van der Waals surface area contributed by atoms with Gasteiger partial charge < -0.3 is 0 Å². The zero-order valence-electron chi connectivity index (χ0n) is 9.69. The molecule has 0 aliphatic heterocycles. The number of benzene rings is 1. The van der Waals surface area contributed by atoms with Crippen molar-refractivity contribution in [1.29, 1.82) is 0 Å². The molecule has 0 saturated carbocycles. The van der Waals surface area contributed by atoms with Gasteiger partial charge >= 0.3 is 0 Å². The lowest BCUT2D eigenvalue weighted by molar-refractivity contribution is 0.598. The first-order valence-electron chi connectivity index (χ1n) is 4.68. The van der Waals surface area contributed by atoms with Crippen molar-refractivity contribution in [1.82, 2.24) is 0 Å². The van der Waals surface area contributed by atoms with Crippen molar-refractivity contribution in [2.75, 3.05) is 12.5 Å². The SMILES string of the molecule is Cc1ccc(S(C)(=O)=O)c(CS(C)(=O)=O)c1Cl. The number of aryl methyl sites for hydroxylation is 1. The van der Waals surface area contributed by atoms with E-state index in [1.807, 2.05) is 0 Å². The maximum absolute atomic E-state index is 11.5. The predicted octanol–water partition coefficient (Wildman–Crippen LogP) is 1.60. The van der Waals surface area contributed by atoms with E-state index in [0.29, 0.717) is 5.56 Å². The molecule has 0 radical (unpaired) electrons. The molecular formula is C10H13ClO4S2. The third-order valence-electron chi connectivity index (χ3n) is 2.20. The standard InChI is InChI=1S/C10H13ClO4S2/c1-7-4-5-9(17(3,14)15)8(10(7)11)6-16(2,12)13/h4-5H,6H2,1-3H3. The fourth-order valence-electron chi connectivity index (χ4n) is 1.46. The molecule has 4 nitrogen and oxygen atoms in total. The second-order valence-electron chi connectivity index (χ2n) is 4.02. The summed E-state index contributed by atoms with van der Waals surface area (Å²) in [4.78, 5) is -0.0291. The fraction of sp³-hybridized carbons (Fsp3) is 0.400. The minimum absolute atomic E-state index is 0.0291. The zero-order valence-corrected chi connectivity index (χ0v) is 12.1.